The van der Waals surface area contributed by atoms with E-state index in [1.807, 2.05) is 0 Å². The first-order valence-electron chi connectivity index (χ1n) is 5.15. The number of benzene rings is 1. The van der Waals surface area contributed by atoms with Gasteiger partial charge in [-0.25, -0.2) is 0 Å². The number of hydrogen-bond donors (Lipinski definition) is 2. The molecular weight excluding hydrogens is 281 g/mol. The fourth-order valence-corrected chi connectivity index (χ4v) is 1.23. The Hall–Kier alpha value is -1.83. The van der Waals surface area contributed by atoms with Crippen molar-refractivity contribution in [2.75, 3.05) is 5.32 Å². The van der Waals surface area contributed by atoms with Crippen LogP contribution < -0.4 is 15.8 Å². The van der Waals surface area contributed by atoms with Crippen molar-refractivity contribution in [2.45, 2.75) is 13.3 Å². The molecule has 19 heavy (non-hydrogen) atoms. The standard InChI is InChI=1S/C11H11F3N2O2S/c1-6(9(15)19)10(17)16-7-2-4-8(5-3-7)18-11(12,13)14/h2-6H,1H3,(H2,15,19)(H,16,17). The minimum absolute atomic E-state index is 0.0366. The Labute approximate surface area is 112 Å². The number of hydrogen-bond acceptors (Lipinski definition) is 3. The van der Waals surface area contributed by atoms with Crippen molar-refractivity contribution in [3.05, 3.63) is 24.3 Å². The second-order valence-electron chi connectivity index (χ2n) is 3.69. The number of carbonyl (C=O) groups excluding carboxylic acids is 1. The molecular formula is C11H11F3N2O2S. The van der Waals surface area contributed by atoms with Gasteiger partial charge in [0.25, 0.3) is 0 Å². The van der Waals surface area contributed by atoms with E-state index in [0.29, 0.717) is 5.69 Å². The van der Waals surface area contributed by atoms with Gasteiger partial charge in [0.2, 0.25) is 5.91 Å². The van der Waals surface area contributed by atoms with Gasteiger partial charge in [0.15, 0.2) is 0 Å². The first-order valence-corrected chi connectivity index (χ1v) is 5.56. The SMILES string of the molecule is CC(C(=O)Nc1ccc(OC(F)(F)F)cc1)C(N)=S. The van der Waals surface area contributed by atoms with E-state index in [2.05, 4.69) is 22.3 Å². The molecule has 1 rings (SSSR count). The highest BCUT2D eigenvalue weighted by Crippen LogP contribution is 2.24. The van der Waals surface area contributed by atoms with E-state index < -0.39 is 18.2 Å². The first kappa shape index (κ1) is 15.2. The molecule has 0 saturated heterocycles. The molecule has 1 unspecified atom stereocenters. The van der Waals surface area contributed by atoms with Gasteiger partial charge in [-0.15, -0.1) is 13.2 Å². The molecule has 1 amide bonds. The first-order chi connectivity index (χ1) is 8.69. The van der Waals surface area contributed by atoms with Crippen molar-refractivity contribution in [2.24, 2.45) is 11.7 Å². The normalized spacial score (nSPS) is 12.6. The van der Waals surface area contributed by atoms with E-state index in [0.717, 1.165) is 12.1 Å². The Bertz CT molecular complexity index is 474. The van der Waals surface area contributed by atoms with E-state index in [1.165, 1.54) is 19.1 Å². The molecule has 4 nitrogen and oxygen atoms in total. The number of nitrogens with one attached hydrogen (secondary N) is 1. The molecule has 0 radical (unpaired) electrons. The number of nitrogens with two attached hydrogens (primary N) is 1. The van der Waals surface area contributed by atoms with Crippen LogP contribution in [0.4, 0.5) is 18.9 Å². The third-order valence-electron chi connectivity index (χ3n) is 2.18. The van der Waals surface area contributed by atoms with Crippen molar-refractivity contribution in [1.82, 2.24) is 0 Å². The molecule has 0 fully saturated rings. The monoisotopic (exact) mass is 292 g/mol. The van der Waals surface area contributed by atoms with Crippen LogP contribution in [0.2, 0.25) is 0 Å². The maximum Gasteiger partial charge on any atom is 0.573 e. The molecule has 1 atom stereocenters. The average molecular weight is 292 g/mol. The maximum absolute atomic E-state index is 11.9. The summed E-state index contributed by atoms with van der Waals surface area (Å²) in [5.74, 6) is -1.47. The second kappa shape index (κ2) is 5.87. The Morgan fingerprint density at radius 3 is 2.32 bits per heavy atom. The summed E-state index contributed by atoms with van der Waals surface area (Å²) in [7, 11) is 0. The predicted molar refractivity (Wildman–Crippen MR) is 67.7 cm³/mol. The lowest BCUT2D eigenvalue weighted by atomic mass is 10.1. The molecule has 1 aromatic carbocycles. The van der Waals surface area contributed by atoms with E-state index in [9.17, 15) is 18.0 Å². The van der Waals surface area contributed by atoms with E-state index in [-0.39, 0.29) is 10.7 Å². The van der Waals surface area contributed by atoms with Crippen LogP contribution in [0.3, 0.4) is 0 Å². The number of anilines is 1. The molecule has 3 N–H and O–H groups in total. The van der Waals surface area contributed by atoms with Crippen molar-refractivity contribution in [3.63, 3.8) is 0 Å². The zero-order valence-corrected chi connectivity index (χ0v) is 10.6. The summed E-state index contributed by atoms with van der Waals surface area (Å²) in [6, 6.07) is 4.75. The van der Waals surface area contributed by atoms with Gasteiger partial charge in [0.05, 0.1) is 10.9 Å². The summed E-state index contributed by atoms with van der Waals surface area (Å²) in [5.41, 5.74) is 5.63. The van der Waals surface area contributed by atoms with Crippen LogP contribution in [0, 0.1) is 5.92 Å². The van der Waals surface area contributed by atoms with Crippen LogP contribution in [-0.4, -0.2) is 17.3 Å². The molecule has 0 spiro atoms. The third-order valence-corrected chi connectivity index (χ3v) is 2.53. The van der Waals surface area contributed by atoms with E-state index >= 15 is 0 Å². The summed E-state index contributed by atoms with van der Waals surface area (Å²) in [6.45, 7) is 1.53. The lowest BCUT2D eigenvalue weighted by Crippen LogP contribution is -2.30. The van der Waals surface area contributed by atoms with Crippen molar-refractivity contribution < 1.29 is 22.7 Å². The van der Waals surface area contributed by atoms with Gasteiger partial charge in [0, 0.05) is 5.69 Å². The molecule has 0 heterocycles. The molecule has 1 aromatic rings. The summed E-state index contributed by atoms with van der Waals surface area (Å²) in [5, 5.41) is 2.47. The van der Waals surface area contributed by atoms with Crippen LogP contribution >= 0.6 is 12.2 Å². The lowest BCUT2D eigenvalue weighted by Gasteiger charge is -2.12. The Morgan fingerprint density at radius 1 is 1.37 bits per heavy atom. The van der Waals surface area contributed by atoms with Crippen LogP contribution in [0.15, 0.2) is 24.3 Å². The van der Waals surface area contributed by atoms with E-state index in [1.54, 1.807) is 0 Å². The van der Waals surface area contributed by atoms with Gasteiger partial charge in [-0.05, 0) is 31.2 Å². The molecule has 0 aromatic heterocycles. The number of carbonyl (C=O) groups is 1. The van der Waals surface area contributed by atoms with Gasteiger partial charge in [-0.1, -0.05) is 12.2 Å². The van der Waals surface area contributed by atoms with Crippen LogP contribution in [-0.2, 0) is 4.79 Å². The van der Waals surface area contributed by atoms with Gasteiger partial charge < -0.3 is 15.8 Å². The Balaban J connectivity index is 2.67. The summed E-state index contributed by atoms with van der Waals surface area (Å²) < 4.78 is 39.5. The summed E-state index contributed by atoms with van der Waals surface area (Å²) in [4.78, 5) is 11.6. The lowest BCUT2D eigenvalue weighted by molar-refractivity contribution is -0.274. The van der Waals surface area contributed by atoms with Crippen LogP contribution in [0.5, 0.6) is 5.75 Å². The minimum Gasteiger partial charge on any atom is -0.406 e. The Morgan fingerprint density at radius 2 is 1.89 bits per heavy atom. The molecule has 0 aliphatic heterocycles. The number of alkyl halides is 3. The van der Waals surface area contributed by atoms with Gasteiger partial charge in [-0.3, -0.25) is 4.79 Å². The molecule has 0 bridgehead atoms. The average Bonchev–Trinajstić information content (AvgIpc) is 2.28. The van der Waals surface area contributed by atoms with Crippen molar-refractivity contribution >= 4 is 28.8 Å². The predicted octanol–water partition coefficient (Wildman–Crippen LogP) is 2.45. The highest BCUT2D eigenvalue weighted by molar-refractivity contribution is 7.80. The fourth-order valence-electron chi connectivity index (χ4n) is 1.12. The fraction of sp³-hybridized carbons (Fsp3) is 0.273. The molecule has 0 aliphatic carbocycles. The topological polar surface area (TPSA) is 64.3 Å². The smallest absolute Gasteiger partial charge is 0.406 e. The van der Waals surface area contributed by atoms with Crippen molar-refractivity contribution in [3.8, 4) is 5.75 Å². The number of ether oxygens (including phenoxy) is 1. The zero-order valence-electron chi connectivity index (χ0n) is 9.82. The summed E-state index contributed by atoms with van der Waals surface area (Å²) in [6.07, 6.45) is -4.75. The second-order valence-corrected chi connectivity index (χ2v) is 4.16. The quantitative estimate of drug-likeness (QED) is 0.837. The highest BCUT2D eigenvalue weighted by atomic mass is 32.1. The Kier molecular flexibility index (Phi) is 4.71. The highest BCUT2D eigenvalue weighted by Gasteiger charge is 2.31. The van der Waals surface area contributed by atoms with Crippen molar-refractivity contribution in [1.29, 1.82) is 0 Å². The van der Waals surface area contributed by atoms with E-state index in [4.69, 9.17) is 5.73 Å². The maximum atomic E-state index is 11.9. The number of rotatable bonds is 4. The number of thiocarbonyl (C=S) groups is 1. The van der Waals surface area contributed by atoms with Gasteiger partial charge in [0.1, 0.15) is 5.75 Å². The van der Waals surface area contributed by atoms with Crippen LogP contribution in [0.1, 0.15) is 6.92 Å². The van der Waals surface area contributed by atoms with Gasteiger partial charge in [-0.2, -0.15) is 0 Å². The molecule has 0 saturated carbocycles. The third kappa shape index (κ3) is 5.12. The number of halogens is 3. The molecule has 0 aliphatic rings. The van der Waals surface area contributed by atoms with Crippen LogP contribution in [0.25, 0.3) is 0 Å². The number of amides is 1. The summed E-state index contributed by atoms with van der Waals surface area (Å²) >= 11 is 4.66. The largest absolute Gasteiger partial charge is 0.573 e. The molecule has 104 valence electrons. The molecule has 8 heteroatoms. The minimum atomic E-state index is -4.75. The zero-order chi connectivity index (χ0) is 14.6. The van der Waals surface area contributed by atoms with Gasteiger partial charge >= 0.3 is 6.36 Å².